The molecule has 2 nitrogen and oxygen atoms in total. The van der Waals surface area contributed by atoms with Crippen molar-refractivity contribution in [2.75, 3.05) is 17.6 Å². The second kappa shape index (κ2) is 3.81. The standard InChI is InChI=1S/C10H14N2/c1-3-6-12-9-4-5-10(11)8(2)7-9/h3-5,7,12H,1,6,11H2,2H3. The lowest BCUT2D eigenvalue weighted by atomic mass is 10.2. The van der Waals surface area contributed by atoms with Gasteiger partial charge in [-0.3, -0.25) is 0 Å². The van der Waals surface area contributed by atoms with Crippen molar-refractivity contribution < 1.29 is 0 Å². The minimum Gasteiger partial charge on any atom is -0.399 e. The van der Waals surface area contributed by atoms with Gasteiger partial charge in [-0.15, -0.1) is 6.58 Å². The maximum Gasteiger partial charge on any atom is 0.0346 e. The maximum atomic E-state index is 5.67. The fourth-order valence-corrected chi connectivity index (χ4v) is 0.976. The van der Waals surface area contributed by atoms with Gasteiger partial charge < -0.3 is 11.1 Å². The predicted molar refractivity (Wildman–Crippen MR) is 54.3 cm³/mol. The van der Waals surface area contributed by atoms with Gasteiger partial charge in [0.1, 0.15) is 0 Å². The minimum atomic E-state index is 0.781. The number of nitrogen functional groups attached to an aromatic ring is 1. The van der Waals surface area contributed by atoms with E-state index in [1.54, 1.807) is 0 Å². The van der Waals surface area contributed by atoms with E-state index in [1.807, 2.05) is 31.2 Å². The summed E-state index contributed by atoms with van der Waals surface area (Å²) in [6, 6.07) is 5.89. The van der Waals surface area contributed by atoms with Gasteiger partial charge in [-0.25, -0.2) is 0 Å². The molecule has 0 saturated heterocycles. The van der Waals surface area contributed by atoms with Crippen molar-refractivity contribution in [1.82, 2.24) is 0 Å². The second-order valence-corrected chi connectivity index (χ2v) is 2.74. The highest BCUT2D eigenvalue weighted by molar-refractivity contribution is 5.56. The quantitative estimate of drug-likeness (QED) is 0.528. The molecule has 0 aromatic heterocycles. The number of benzene rings is 1. The normalized spacial score (nSPS) is 9.42. The van der Waals surface area contributed by atoms with E-state index in [0.717, 1.165) is 23.5 Å². The van der Waals surface area contributed by atoms with Crippen LogP contribution in [-0.4, -0.2) is 6.54 Å². The van der Waals surface area contributed by atoms with Crippen molar-refractivity contribution in [2.45, 2.75) is 6.92 Å². The van der Waals surface area contributed by atoms with Crippen molar-refractivity contribution in [2.24, 2.45) is 0 Å². The van der Waals surface area contributed by atoms with Gasteiger partial charge in [-0.2, -0.15) is 0 Å². The van der Waals surface area contributed by atoms with Crippen LogP contribution >= 0.6 is 0 Å². The van der Waals surface area contributed by atoms with E-state index in [1.165, 1.54) is 0 Å². The molecule has 0 heterocycles. The van der Waals surface area contributed by atoms with Crippen LogP contribution in [0.3, 0.4) is 0 Å². The molecule has 12 heavy (non-hydrogen) atoms. The fraction of sp³-hybridized carbons (Fsp3) is 0.200. The van der Waals surface area contributed by atoms with Crippen LogP contribution in [0.15, 0.2) is 30.9 Å². The molecule has 1 rings (SSSR count). The first-order valence-electron chi connectivity index (χ1n) is 3.95. The van der Waals surface area contributed by atoms with Crippen LogP contribution in [0.1, 0.15) is 5.56 Å². The summed E-state index contributed by atoms with van der Waals surface area (Å²) in [6.45, 7) is 6.40. The number of aryl methyl sites for hydroxylation is 1. The Morgan fingerprint density at radius 1 is 1.58 bits per heavy atom. The van der Waals surface area contributed by atoms with E-state index >= 15 is 0 Å². The van der Waals surface area contributed by atoms with Crippen LogP contribution in [0.2, 0.25) is 0 Å². The molecular formula is C10H14N2. The van der Waals surface area contributed by atoms with E-state index in [4.69, 9.17) is 5.73 Å². The molecule has 2 heteroatoms. The van der Waals surface area contributed by atoms with E-state index < -0.39 is 0 Å². The van der Waals surface area contributed by atoms with Crippen LogP contribution in [0, 0.1) is 6.92 Å². The predicted octanol–water partition coefficient (Wildman–Crippen LogP) is 2.18. The third kappa shape index (κ3) is 2.02. The van der Waals surface area contributed by atoms with E-state index in [9.17, 15) is 0 Å². The number of hydrogen-bond donors (Lipinski definition) is 2. The molecule has 0 saturated carbocycles. The highest BCUT2D eigenvalue weighted by Crippen LogP contribution is 2.15. The van der Waals surface area contributed by atoms with Gasteiger partial charge in [0.2, 0.25) is 0 Å². The summed E-state index contributed by atoms with van der Waals surface area (Å²) in [6.07, 6.45) is 1.83. The van der Waals surface area contributed by atoms with Crippen LogP contribution in [0.4, 0.5) is 11.4 Å². The average Bonchev–Trinajstić information content (AvgIpc) is 2.07. The largest absolute Gasteiger partial charge is 0.399 e. The lowest BCUT2D eigenvalue weighted by Crippen LogP contribution is -1.98. The molecular weight excluding hydrogens is 148 g/mol. The first kappa shape index (κ1) is 8.65. The van der Waals surface area contributed by atoms with Gasteiger partial charge in [-0.05, 0) is 30.7 Å². The van der Waals surface area contributed by atoms with Gasteiger partial charge in [0.25, 0.3) is 0 Å². The van der Waals surface area contributed by atoms with Crippen LogP contribution in [0.25, 0.3) is 0 Å². The molecule has 0 spiro atoms. The van der Waals surface area contributed by atoms with Gasteiger partial charge >= 0.3 is 0 Å². The van der Waals surface area contributed by atoms with Crippen molar-refractivity contribution in [3.05, 3.63) is 36.4 Å². The fourth-order valence-electron chi connectivity index (χ4n) is 0.976. The SMILES string of the molecule is C=CCNc1ccc(N)c(C)c1. The Morgan fingerprint density at radius 2 is 2.33 bits per heavy atom. The Kier molecular flexibility index (Phi) is 2.75. The molecule has 0 unspecified atom stereocenters. The molecule has 0 fully saturated rings. The summed E-state index contributed by atoms with van der Waals surface area (Å²) in [4.78, 5) is 0. The zero-order valence-corrected chi connectivity index (χ0v) is 7.30. The monoisotopic (exact) mass is 162 g/mol. The number of nitrogens with two attached hydrogens (primary N) is 1. The molecule has 64 valence electrons. The molecule has 0 aliphatic heterocycles. The Bertz CT molecular complexity index is 279. The zero-order chi connectivity index (χ0) is 8.97. The number of hydrogen-bond acceptors (Lipinski definition) is 2. The topological polar surface area (TPSA) is 38.0 Å². The molecule has 0 radical (unpaired) electrons. The Hall–Kier alpha value is -1.44. The Balaban J connectivity index is 2.75. The summed E-state index contributed by atoms with van der Waals surface area (Å²) in [5, 5.41) is 3.19. The highest BCUT2D eigenvalue weighted by Gasteiger charge is 1.93. The molecule has 0 bridgehead atoms. The summed E-state index contributed by atoms with van der Waals surface area (Å²) in [7, 11) is 0. The molecule has 0 aliphatic rings. The van der Waals surface area contributed by atoms with Crippen molar-refractivity contribution in [1.29, 1.82) is 0 Å². The Morgan fingerprint density at radius 3 is 2.92 bits per heavy atom. The molecule has 3 N–H and O–H groups in total. The van der Waals surface area contributed by atoms with Crippen molar-refractivity contribution in [3.63, 3.8) is 0 Å². The summed E-state index contributed by atoms with van der Waals surface area (Å²) >= 11 is 0. The molecule has 0 amide bonds. The third-order valence-electron chi connectivity index (χ3n) is 1.72. The lowest BCUT2D eigenvalue weighted by Gasteiger charge is -2.05. The first-order valence-corrected chi connectivity index (χ1v) is 3.95. The Labute approximate surface area is 73.1 Å². The van der Waals surface area contributed by atoms with E-state index in [0.29, 0.717) is 0 Å². The zero-order valence-electron chi connectivity index (χ0n) is 7.30. The second-order valence-electron chi connectivity index (χ2n) is 2.74. The first-order chi connectivity index (χ1) is 5.74. The number of rotatable bonds is 3. The highest BCUT2D eigenvalue weighted by atomic mass is 14.9. The number of anilines is 2. The van der Waals surface area contributed by atoms with Gasteiger partial charge in [0, 0.05) is 17.9 Å². The molecule has 0 aliphatic carbocycles. The third-order valence-corrected chi connectivity index (χ3v) is 1.72. The average molecular weight is 162 g/mol. The molecule has 0 atom stereocenters. The lowest BCUT2D eigenvalue weighted by molar-refractivity contribution is 1.33. The van der Waals surface area contributed by atoms with Crippen LogP contribution in [-0.2, 0) is 0 Å². The minimum absolute atomic E-state index is 0.781. The number of nitrogens with one attached hydrogen (secondary N) is 1. The van der Waals surface area contributed by atoms with Crippen LogP contribution in [0.5, 0.6) is 0 Å². The van der Waals surface area contributed by atoms with E-state index in [2.05, 4.69) is 11.9 Å². The van der Waals surface area contributed by atoms with Crippen LogP contribution < -0.4 is 11.1 Å². The van der Waals surface area contributed by atoms with Crippen molar-refractivity contribution in [3.8, 4) is 0 Å². The van der Waals surface area contributed by atoms with Gasteiger partial charge in [0.15, 0.2) is 0 Å². The summed E-state index contributed by atoms with van der Waals surface area (Å²) in [5.41, 5.74) is 8.69. The smallest absolute Gasteiger partial charge is 0.0346 e. The molecule has 1 aromatic carbocycles. The van der Waals surface area contributed by atoms with Crippen molar-refractivity contribution >= 4 is 11.4 Å². The maximum absolute atomic E-state index is 5.67. The van der Waals surface area contributed by atoms with E-state index in [-0.39, 0.29) is 0 Å². The summed E-state index contributed by atoms with van der Waals surface area (Å²) < 4.78 is 0. The van der Waals surface area contributed by atoms with Gasteiger partial charge in [-0.1, -0.05) is 6.08 Å². The van der Waals surface area contributed by atoms with Gasteiger partial charge in [0.05, 0.1) is 0 Å². The molecule has 1 aromatic rings. The summed E-state index contributed by atoms with van der Waals surface area (Å²) in [5.74, 6) is 0.